The number of esters is 1. The molecule has 0 atom stereocenters. The van der Waals surface area contributed by atoms with Gasteiger partial charge in [0.25, 0.3) is 0 Å². The van der Waals surface area contributed by atoms with Gasteiger partial charge in [-0.15, -0.1) is 0 Å². The molecule has 3 nitrogen and oxygen atoms in total. The Bertz CT molecular complexity index is 455. The molecule has 0 aliphatic rings. The lowest BCUT2D eigenvalue weighted by molar-refractivity contribution is -0.140. The van der Waals surface area contributed by atoms with Crippen molar-refractivity contribution in [1.82, 2.24) is 4.98 Å². The number of carbonyl (C=O) groups is 1. The highest BCUT2D eigenvalue weighted by atomic mass is 16.5. The first-order valence-electron chi connectivity index (χ1n) is 10.1. The van der Waals surface area contributed by atoms with Crippen molar-refractivity contribution >= 4 is 5.97 Å². The van der Waals surface area contributed by atoms with Gasteiger partial charge < -0.3 is 4.74 Å². The Kier molecular flexibility index (Phi) is 15.2. The second-order valence-corrected chi connectivity index (χ2v) is 6.64. The van der Waals surface area contributed by atoms with Gasteiger partial charge >= 0.3 is 5.97 Å². The molecule has 3 heteroatoms. The van der Waals surface area contributed by atoms with Gasteiger partial charge in [-0.2, -0.15) is 0 Å². The first-order valence-corrected chi connectivity index (χ1v) is 10.1. The minimum Gasteiger partial charge on any atom is -0.469 e. The van der Waals surface area contributed by atoms with E-state index in [2.05, 4.69) is 44.6 Å². The van der Waals surface area contributed by atoms with E-state index in [-0.39, 0.29) is 5.97 Å². The Morgan fingerprint density at radius 1 is 0.920 bits per heavy atom. The molecule has 0 fully saturated rings. The van der Waals surface area contributed by atoms with Gasteiger partial charge in [-0.25, -0.2) is 0 Å². The first-order chi connectivity index (χ1) is 12.1. The number of aromatic nitrogens is 1. The summed E-state index contributed by atoms with van der Waals surface area (Å²) in [5.41, 5.74) is 3.77. The largest absolute Gasteiger partial charge is 0.469 e. The molecule has 0 amide bonds. The van der Waals surface area contributed by atoms with Gasteiger partial charge in [-0.1, -0.05) is 58.9 Å². The average molecular weight is 350 g/mol. The molecule has 0 aromatic carbocycles. The summed E-state index contributed by atoms with van der Waals surface area (Å²) in [7, 11) is 1.44. The molecular weight excluding hydrogens is 310 g/mol. The third kappa shape index (κ3) is 12.6. The molecule has 0 radical (unpaired) electrons. The molecule has 0 spiro atoms. The van der Waals surface area contributed by atoms with Crippen LogP contribution in [0.5, 0.6) is 0 Å². The number of unbranched alkanes of at least 4 members (excludes halogenated alkanes) is 5. The highest BCUT2D eigenvalue weighted by molar-refractivity contribution is 5.68. The van der Waals surface area contributed by atoms with Crippen LogP contribution < -0.4 is 0 Å². The lowest BCUT2D eigenvalue weighted by Gasteiger charge is -2.07. The summed E-state index contributed by atoms with van der Waals surface area (Å²) >= 11 is 0. The lowest BCUT2D eigenvalue weighted by Crippen LogP contribution is -2.00. The third-order valence-corrected chi connectivity index (χ3v) is 4.34. The Morgan fingerprint density at radius 3 is 2.16 bits per heavy atom. The van der Waals surface area contributed by atoms with Gasteiger partial charge in [0, 0.05) is 17.8 Å². The van der Waals surface area contributed by atoms with Crippen molar-refractivity contribution in [2.75, 3.05) is 7.11 Å². The number of carbonyl (C=O) groups excluding carboxylic acids is 1. The fourth-order valence-electron chi connectivity index (χ4n) is 2.44. The van der Waals surface area contributed by atoms with Crippen LogP contribution in [0.2, 0.25) is 0 Å². The SMILES string of the molecule is CCCC.CCCCc1ccc(CCCCCCC(=O)OC)nc1C. The normalized spacial score (nSPS) is 10.1. The Balaban J connectivity index is 0.00000129. The van der Waals surface area contributed by atoms with Crippen LogP contribution in [0.1, 0.15) is 95.5 Å². The van der Waals surface area contributed by atoms with Gasteiger partial charge in [0.05, 0.1) is 7.11 Å². The van der Waals surface area contributed by atoms with Crippen LogP contribution in [0.4, 0.5) is 0 Å². The molecule has 0 saturated heterocycles. The van der Waals surface area contributed by atoms with E-state index in [0.717, 1.165) is 38.5 Å². The molecule has 1 rings (SSSR count). The van der Waals surface area contributed by atoms with Crippen LogP contribution in [-0.4, -0.2) is 18.1 Å². The molecule has 0 bridgehead atoms. The first kappa shape index (κ1) is 23.6. The number of hydrogen-bond donors (Lipinski definition) is 0. The molecule has 1 aromatic heterocycles. The van der Waals surface area contributed by atoms with Gasteiger partial charge in [0.2, 0.25) is 0 Å². The van der Waals surface area contributed by atoms with Crippen LogP contribution in [0.15, 0.2) is 12.1 Å². The van der Waals surface area contributed by atoms with Crippen molar-refractivity contribution in [3.8, 4) is 0 Å². The van der Waals surface area contributed by atoms with E-state index in [1.165, 1.54) is 49.7 Å². The van der Waals surface area contributed by atoms with Crippen molar-refractivity contribution in [3.63, 3.8) is 0 Å². The van der Waals surface area contributed by atoms with E-state index in [9.17, 15) is 4.79 Å². The molecular formula is C22H39NO2. The van der Waals surface area contributed by atoms with Gasteiger partial charge in [-0.3, -0.25) is 9.78 Å². The molecule has 25 heavy (non-hydrogen) atoms. The predicted octanol–water partition coefficient (Wildman–Crippen LogP) is 6.21. The molecule has 1 heterocycles. The quantitative estimate of drug-likeness (QED) is 0.352. The number of ether oxygens (including phenoxy) is 1. The van der Waals surface area contributed by atoms with Crippen molar-refractivity contribution in [2.45, 2.75) is 98.3 Å². The Hall–Kier alpha value is -1.38. The summed E-state index contributed by atoms with van der Waals surface area (Å²) < 4.78 is 4.63. The van der Waals surface area contributed by atoms with E-state index in [1.807, 2.05) is 0 Å². The van der Waals surface area contributed by atoms with E-state index in [0.29, 0.717) is 6.42 Å². The highest BCUT2D eigenvalue weighted by Crippen LogP contribution is 2.13. The van der Waals surface area contributed by atoms with Crippen molar-refractivity contribution in [3.05, 3.63) is 29.1 Å². The average Bonchev–Trinajstić information content (AvgIpc) is 2.63. The summed E-state index contributed by atoms with van der Waals surface area (Å²) in [5, 5.41) is 0. The summed E-state index contributed by atoms with van der Waals surface area (Å²) in [5.74, 6) is -0.102. The van der Waals surface area contributed by atoms with Crippen LogP contribution >= 0.6 is 0 Å². The molecule has 144 valence electrons. The maximum atomic E-state index is 11.0. The molecule has 0 N–H and O–H groups in total. The van der Waals surface area contributed by atoms with E-state index in [1.54, 1.807) is 0 Å². The molecule has 1 aromatic rings. The van der Waals surface area contributed by atoms with E-state index >= 15 is 0 Å². The van der Waals surface area contributed by atoms with Crippen molar-refractivity contribution in [2.24, 2.45) is 0 Å². The minimum atomic E-state index is -0.102. The number of aryl methyl sites for hydroxylation is 3. The fraction of sp³-hybridized carbons (Fsp3) is 0.727. The summed E-state index contributed by atoms with van der Waals surface area (Å²) in [6, 6.07) is 4.41. The standard InChI is InChI=1S/C18H29NO2.C4H10/c1-4-5-10-16-13-14-17(19-15(16)2)11-8-6-7-9-12-18(20)21-3;1-3-4-2/h13-14H,4-12H2,1-3H3;3-4H2,1-2H3. The topological polar surface area (TPSA) is 39.2 Å². The Labute approximate surface area is 155 Å². The molecule has 0 saturated carbocycles. The molecule has 0 aliphatic carbocycles. The smallest absolute Gasteiger partial charge is 0.305 e. The monoisotopic (exact) mass is 349 g/mol. The second-order valence-electron chi connectivity index (χ2n) is 6.64. The maximum absolute atomic E-state index is 11.0. The predicted molar refractivity (Wildman–Crippen MR) is 107 cm³/mol. The third-order valence-electron chi connectivity index (χ3n) is 4.34. The zero-order valence-electron chi connectivity index (χ0n) is 17.2. The fourth-order valence-corrected chi connectivity index (χ4v) is 2.44. The molecule has 0 aliphatic heterocycles. The van der Waals surface area contributed by atoms with Gasteiger partial charge in [0.15, 0.2) is 0 Å². The maximum Gasteiger partial charge on any atom is 0.305 e. The van der Waals surface area contributed by atoms with Gasteiger partial charge in [0.1, 0.15) is 0 Å². The summed E-state index contributed by atoms with van der Waals surface area (Å²) in [4.78, 5) is 15.7. The minimum absolute atomic E-state index is 0.102. The zero-order valence-corrected chi connectivity index (χ0v) is 17.2. The van der Waals surface area contributed by atoms with Crippen LogP contribution in [0, 0.1) is 6.92 Å². The van der Waals surface area contributed by atoms with Crippen molar-refractivity contribution in [1.29, 1.82) is 0 Å². The molecule has 0 unspecified atom stereocenters. The van der Waals surface area contributed by atoms with Crippen LogP contribution in [0.25, 0.3) is 0 Å². The number of pyridine rings is 1. The number of rotatable bonds is 11. The number of methoxy groups -OCH3 is 1. The summed E-state index contributed by atoms with van der Waals surface area (Å²) in [6.45, 7) is 8.70. The zero-order chi connectivity index (χ0) is 18.9. The van der Waals surface area contributed by atoms with Crippen LogP contribution in [-0.2, 0) is 22.4 Å². The number of nitrogens with zero attached hydrogens (tertiary/aromatic N) is 1. The highest BCUT2D eigenvalue weighted by Gasteiger charge is 2.03. The number of hydrogen-bond acceptors (Lipinski definition) is 3. The Morgan fingerprint density at radius 2 is 1.60 bits per heavy atom. The van der Waals surface area contributed by atoms with E-state index < -0.39 is 0 Å². The van der Waals surface area contributed by atoms with Crippen LogP contribution in [0.3, 0.4) is 0 Å². The lowest BCUT2D eigenvalue weighted by atomic mass is 10.0. The van der Waals surface area contributed by atoms with Crippen molar-refractivity contribution < 1.29 is 9.53 Å². The van der Waals surface area contributed by atoms with E-state index in [4.69, 9.17) is 4.98 Å². The van der Waals surface area contributed by atoms with Gasteiger partial charge in [-0.05, 0) is 50.7 Å². The second kappa shape index (κ2) is 16.1. The summed E-state index contributed by atoms with van der Waals surface area (Å²) in [6.07, 6.45) is 12.1.